The molecule has 2 aromatic rings. The van der Waals surface area contributed by atoms with Crippen molar-refractivity contribution in [1.29, 1.82) is 0 Å². The number of nitrogens with zero attached hydrogens (tertiary/aromatic N) is 2. The predicted octanol–water partition coefficient (Wildman–Crippen LogP) is 1.64. The van der Waals surface area contributed by atoms with E-state index in [-0.39, 0.29) is 29.7 Å². The number of aliphatic hydroxyl groups excluding tert-OH is 2. The van der Waals surface area contributed by atoms with Crippen LogP contribution in [0.4, 0.5) is 0 Å². The quantitative estimate of drug-likeness (QED) is 0.378. The van der Waals surface area contributed by atoms with Gasteiger partial charge in [0.25, 0.3) is 5.91 Å². The highest BCUT2D eigenvalue weighted by Gasteiger charge is 2.64. The van der Waals surface area contributed by atoms with Crippen LogP contribution in [0.15, 0.2) is 41.2 Å². The number of amides is 1. The van der Waals surface area contributed by atoms with Crippen LogP contribution >= 0.6 is 0 Å². The van der Waals surface area contributed by atoms with Crippen molar-refractivity contribution in [3.63, 3.8) is 0 Å². The van der Waals surface area contributed by atoms with Gasteiger partial charge in [-0.05, 0) is 81.6 Å². The van der Waals surface area contributed by atoms with E-state index >= 15 is 0 Å². The van der Waals surface area contributed by atoms with Crippen molar-refractivity contribution in [2.45, 2.75) is 38.3 Å². The number of carbonyl (C=O) groups is 3. The fourth-order valence-corrected chi connectivity index (χ4v) is 6.50. The maximum atomic E-state index is 13.9. The highest BCUT2D eigenvalue weighted by atomic mass is 16.3. The topological polar surface area (TPSA) is 174 Å². The number of aromatic nitrogens is 1. The lowest BCUT2D eigenvalue weighted by Gasteiger charge is -2.50. The molecule has 0 bridgehead atoms. The largest absolute Gasteiger partial charge is 0.508 e. The van der Waals surface area contributed by atoms with E-state index in [4.69, 9.17) is 5.73 Å². The first kappa shape index (κ1) is 25.6. The number of likely N-dealkylation sites (N-methyl/N-ethyl adjacent to an activating group) is 1. The van der Waals surface area contributed by atoms with Crippen LogP contribution in [0, 0.1) is 25.7 Å². The van der Waals surface area contributed by atoms with Gasteiger partial charge in [-0.2, -0.15) is 0 Å². The molecule has 1 aromatic heterocycles. The van der Waals surface area contributed by atoms with Crippen LogP contribution in [0.25, 0.3) is 16.9 Å². The van der Waals surface area contributed by atoms with Crippen LogP contribution in [-0.2, 0) is 20.8 Å². The van der Waals surface area contributed by atoms with Gasteiger partial charge in [0, 0.05) is 22.9 Å². The van der Waals surface area contributed by atoms with E-state index in [1.165, 1.54) is 11.0 Å². The van der Waals surface area contributed by atoms with Gasteiger partial charge >= 0.3 is 0 Å². The number of Topliss-reactive ketones (excluding diaryl/α,β-unsaturated/α-hetero) is 2. The molecule has 6 N–H and O–H groups in total. The van der Waals surface area contributed by atoms with Crippen molar-refractivity contribution in [1.82, 2.24) is 9.88 Å². The zero-order valence-electron chi connectivity index (χ0n) is 21.4. The Kier molecular flexibility index (Phi) is 5.73. The molecular weight excluding hydrogens is 490 g/mol. The fourth-order valence-electron chi connectivity index (χ4n) is 6.50. The molecular formula is C28H29N3O7. The van der Waals surface area contributed by atoms with Gasteiger partial charge in [-0.15, -0.1) is 0 Å². The summed E-state index contributed by atoms with van der Waals surface area (Å²) in [6.07, 6.45) is 0.258. The number of hydrogen-bond donors (Lipinski definition) is 5. The number of rotatable bonds is 3. The Morgan fingerprint density at radius 2 is 1.74 bits per heavy atom. The normalized spacial score (nSPS) is 26.8. The van der Waals surface area contributed by atoms with E-state index in [1.54, 1.807) is 20.2 Å². The third kappa shape index (κ3) is 3.40. The Bertz CT molecular complexity index is 1490. The molecule has 3 aliphatic carbocycles. The molecule has 0 aliphatic heterocycles. The third-order valence-corrected chi connectivity index (χ3v) is 8.00. The molecule has 10 heteroatoms. The molecule has 4 atom stereocenters. The van der Waals surface area contributed by atoms with Crippen LogP contribution in [-0.4, -0.2) is 73.5 Å². The Morgan fingerprint density at radius 1 is 1.11 bits per heavy atom. The number of carbonyl (C=O) groups excluding carboxylic acids is 3. The number of nitrogens with two attached hydrogens (primary N) is 1. The summed E-state index contributed by atoms with van der Waals surface area (Å²) in [5, 5.41) is 44.7. The molecule has 1 heterocycles. The average molecular weight is 520 g/mol. The molecule has 0 radical (unpaired) electrons. The van der Waals surface area contributed by atoms with E-state index in [0.717, 1.165) is 22.5 Å². The van der Waals surface area contributed by atoms with Crippen molar-refractivity contribution < 1.29 is 34.8 Å². The molecule has 3 aliphatic rings. The van der Waals surface area contributed by atoms with Crippen molar-refractivity contribution >= 4 is 23.2 Å². The Balaban J connectivity index is 1.75. The van der Waals surface area contributed by atoms with E-state index in [2.05, 4.69) is 4.98 Å². The summed E-state index contributed by atoms with van der Waals surface area (Å²) in [4.78, 5) is 45.1. The summed E-state index contributed by atoms with van der Waals surface area (Å²) in [6, 6.07) is 5.81. The zero-order valence-corrected chi connectivity index (χ0v) is 21.4. The number of phenolic OH excluding ortho intramolecular Hbond substituents is 1. The molecule has 38 heavy (non-hydrogen) atoms. The first-order chi connectivity index (χ1) is 17.8. The number of aliphatic hydroxyl groups is 3. The molecule has 0 saturated heterocycles. The van der Waals surface area contributed by atoms with Gasteiger partial charge in [0.2, 0.25) is 5.78 Å². The molecule has 1 fully saturated rings. The lowest BCUT2D eigenvalue weighted by Crippen LogP contribution is -2.65. The summed E-state index contributed by atoms with van der Waals surface area (Å²) in [7, 11) is 3.13. The summed E-state index contributed by atoms with van der Waals surface area (Å²) < 4.78 is 0. The van der Waals surface area contributed by atoms with E-state index in [1.807, 2.05) is 26.0 Å². The molecule has 0 spiro atoms. The average Bonchev–Trinajstić information content (AvgIpc) is 2.80. The Labute approximate surface area is 218 Å². The predicted molar refractivity (Wildman–Crippen MR) is 137 cm³/mol. The minimum atomic E-state index is -2.66. The number of aryl methyl sites for hydroxylation is 2. The molecule has 5 rings (SSSR count). The lowest BCUT2D eigenvalue weighted by molar-refractivity contribution is -0.153. The molecule has 0 unspecified atom stereocenters. The number of pyridine rings is 1. The van der Waals surface area contributed by atoms with Crippen LogP contribution in [0.1, 0.15) is 28.9 Å². The maximum absolute atomic E-state index is 13.9. The number of benzene rings is 1. The molecule has 1 saturated carbocycles. The molecule has 1 aromatic carbocycles. The van der Waals surface area contributed by atoms with Crippen molar-refractivity contribution in [3.05, 3.63) is 63.7 Å². The SMILES string of the molecule is Cc1cc(-c2ccc(O)c3c2C[C@H]2C[C@H]4[C@H](N(C)C)C(=O)C(C(N)=O)=C(O)[C@@]4(O)C(=O)C2=C3O)cc(C)n1. The van der Waals surface area contributed by atoms with Crippen molar-refractivity contribution in [3.8, 4) is 16.9 Å². The van der Waals surface area contributed by atoms with Crippen LogP contribution in [0.3, 0.4) is 0 Å². The van der Waals surface area contributed by atoms with E-state index < -0.39 is 58.0 Å². The van der Waals surface area contributed by atoms with Crippen LogP contribution in [0.5, 0.6) is 5.75 Å². The van der Waals surface area contributed by atoms with Crippen molar-refractivity contribution in [2.75, 3.05) is 14.1 Å². The summed E-state index contributed by atoms with van der Waals surface area (Å²) in [6.45, 7) is 3.72. The third-order valence-electron chi connectivity index (χ3n) is 8.00. The second kappa shape index (κ2) is 8.50. The fraction of sp³-hybridized carbons (Fsp3) is 0.357. The maximum Gasteiger partial charge on any atom is 0.255 e. The number of primary amides is 1. The van der Waals surface area contributed by atoms with Gasteiger partial charge in [0.05, 0.1) is 11.6 Å². The first-order valence-electron chi connectivity index (χ1n) is 12.2. The van der Waals surface area contributed by atoms with Gasteiger partial charge in [0.1, 0.15) is 22.8 Å². The van der Waals surface area contributed by atoms with Crippen LogP contribution < -0.4 is 5.73 Å². The number of hydrogen-bond acceptors (Lipinski definition) is 9. The summed E-state index contributed by atoms with van der Waals surface area (Å²) in [5.41, 5.74) is 5.51. The Morgan fingerprint density at radius 3 is 2.32 bits per heavy atom. The first-order valence-corrected chi connectivity index (χ1v) is 12.2. The zero-order chi connectivity index (χ0) is 27.8. The number of fused-ring (bicyclic) bond motifs is 3. The number of ketones is 2. The van der Waals surface area contributed by atoms with Crippen molar-refractivity contribution in [2.24, 2.45) is 17.6 Å². The second-order valence-electron chi connectivity index (χ2n) is 10.6. The smallest absolute Gasteiger partial charge is 0.255 e. The van der Waals surface area contributed by atoms with Gasteiger partial charge in [-0.25, -0.2) is 0 Å². The Hall–Kier alpha value is -4.02. The van der Waals surface area contributed by atoms with Gasteiger partial charge in [0.15, 0.2) is 11.4 Å². The van der Waals surface area contributed by atoms with E-state index in [9.17, 15) is 34.8 Å². The minimum Gasteiger partial charge on any atom is -0.508 e. The van der Waals surface area contributed by atoms with Gasteiger partial charge < -0.3 is 26.2 Å². The van der Waals surface area contributed by atoms with Gasteiger partial charge in [-0.1, -0.05) is 6.07 Å². The van der Waals surface area contributed by atoms with Gasteiger partial charge in [-0.3, -0.25) is 24.3 Å². The second-order valence-corrected chi connectivity index (χ2v) is 10.6. The summed E-state index contributed by atoms with van der Waals surface area (Å²) >= 11 is 0. The highest BCUT2D eigenvalue weighted by Crippen LogP contribution is 2.53. The lowest BCUT2D eigenvalue weighted by atomic mass is 9.57. The highest BCUT2D eigenvalue weighted by molar-refractivity contribution is 6.24. The van der Waals surface area contributed by atoms with E-state index in [0.29, 0.717) is 5.56 Å². The standard InChI is InChI=1S/C28H29N3O7/c1-11-7-13(8-12(2)30-11)15-5-6-18(32)20-16(15)9-14-10-17-22(31(3)4)24(34)21(27(29)37)26(36)28(17,38)25(35)19(14)23(20)33/h5-8,14,17,22,32-33,36,38H,9-10H2,1-4H3,(H2,29,37)/t14-,17-,22-,28-/m0/s1. The molecule has 198 valence electrons. The number of phenols is 1. The van der Waals surface area contributed by atoms with Crippen LogP contribution in [0.2, 0.25) is 0 Å². The molecule has 10 nitrogen and oxygen atoms in total. The number of aromatic hydroxyl groups is 1. The minimum absolute atomic E-state index is 0.0370. The summed E-state index contributed by atoms with van der Waals surface area (Å²) in [5.74, 6) is -6.69. The monoisotopic (exact) mass is 519 g/mol. The molecule has 1 amide bonds.